The SMILES string of the molecule is C=Cc1cc(F)cc(COC(=O)N2c3ccccc3C(N(CC)C(=O)CCC(=O)O)C3CCCC32)c1. The number of nitrogens with zero attached hydrogens (tertiary/aromatic N) is 2. The molecule has 2 aromatic rings. The van der Waals surface area contributed by atoms with Gasteiger partial charge in [0, 0.05) is 24.9 Å². The highest BCUT2D eigenvalue weighted by Crippen LogP contribution is 2.50. The summed E-state index contributed by atoms with van der Waals surface area (Å²) in [5, 5.41) is 9.05. The van der Waals surface area contributed by atoms with E-state index in [0.717, 1.165) is 24.8 Å². The van der Waals surface area contributed by atoms with E-state index in [1.807, 2.05) is 31.2 Å². The van der Waals surface area contributed by atoms with Crippen molar-refractivity contribution in [3.05, 3.63) is 71.6 Å². The van der Waals surface area contributed by atoms with Gasteiger partial charge in [-0.05, 0) is 60.7 Å². The molecule has 190 valence electrons. The van der Waals surface area contributed by atoms with Gasteiger partial charge in [-0.3, -0.25) is 14.5 Å². The van der Waals surface area contributed by atoms with Crippen LogP contribution in [0.1, 0.15) is 61.8 Å². The first-order valence-corrected chi connectivity index (χ1v) is 12.3. The van der Waals surface area contributed by atoms with Crippen molar-refractivity contribution in [1.29, 1.82) is 0 Å². The fourth-order valence-electron chi connectivity index (χ4n) is 5.63. The van der Waals surface area contributed by atoms with Crippen LogP contribution in [0.5, 0.6) is 0 Å². The van der Waals surface area contributed by atoms with Gasteiger partial charge < -0.3 is 14.7 Å². The Morgan fingerprint density at radius 1 is 1.19 bits per heavy atom. The third-order valence-electron chi connectivity index (χ3n) is 7.11. The Labute approximate surface area is 210 Å². The summed E-state index contributed by atoms with van der Waals surface area (Å²) in [5.74, 6) is -1.63. The number of hydrogen-bond donors (Lipinski definition) is 1. The Balaban J connectivity index is 1.62. The lowest BCUT2D eigenvalue weighted by Gasteiger charge is -2.46. The number of halogens is 1. The summed E-state index contributed by atoms with van der Waals surface area (Å²) in [6, 6.07) is 11.5. The second-order valence-corrected chi connectivity index (χ2v) is 9.26. The highest BCUT2D eigenvalue weighted by Gasteiger charge is 2.48. The van der Waals surface area contributed by atoms with E-state index in [9.17, 15) is 18.8 Å². The minimum absolute atomic E-state index is 0.00252. The number of anilines is 1. The number of rotatable bonds is 8. The summed E-state index contributed by atoms with van der Waals surface area (Å²) in [5.41, 5.74) is 2.68. The lowest BCUT2D eigenvalue weighted by molar-refractivity contribution is -0.142. The third kappa shape index (κ3) is 5.12. The van der Waals surface area contributed by atoms with Crippen LogP contribution in [0.3, 0.4) is 0 Å². The van der Waals surface area contributed by atoms with Crippen LogP contribution >= 0.6 is 0 Å². The summed E-state index contributed by atoms with van der Waals surface area (Å²) in [4.78, 5) is 41.0. The molecule has 1 N–H and O–H groups in total. The zero-order valence-corrected chi connectivity index (χ0v) is 20.4. The predicted octanol–water partition coefficient (Wildman–Crippen LogP) is 5.55. The number of amides is 2. The van der Waals surface area contributed by atoms with Crippen molar-refractivity contribution in [2.24, 2.45) is 5.92 Å². The number of aliphatic carboxylic acids is 1. The normalized spacial score (nSPS) is 20.3. The highest BCUT2D eigenvalue weighted by molar-refractivity contribution is 5.91. The maximum Gasteiger partial charge on any atom is 0.414 e. The number of carboxylic acid groups (broad SMARTS) is 1. The van der Waals surface area contributed by atoms with E-state index >= 15 is 0 Å². The Kier molecular flexibility index (Phi) is 7.72. The minimum Gasteiger partial charge on any atom is -0.481 e. The molecule has 3 atom stereocenters. The van der Waals surface area contributed by atoms with Crippen molar-refractivity contribution in [2.75, 3.05) is 11.4 Å². The van der Waals surface area contributed by atoms with Crippen LogP contribution in [0, 0.1) is 11.7 Å². The minimum atomic E-state index is -1.00. The molecule has 0 saturated heterocycles. The van der Waals surface area contributed by atoms with Crippen molar-refractivity contribution in [2.45, 2.75) is 57.7 Å². The quantitative estimate of drug-likeness (QED) is 0.520. The molecule has 1 heterocycles. The summed E-state index contributed by atoms with van der Waals surface area (Å²) in [6.07, 6.45) is 3.25. The smallest absolute Gasteiger partial charge is 0.414 e. The first-order chi connectivity index (χ1) is 17.3. The molecule has 7 nitrogen and oxygen atoms in total. The van der Waals surface area contributed by atoms with Crippen molar-refractivity contribution in [3.8, 4) is 0 Å². The number of fused-ring (bicyclic) bond motifs is 2. The second-order valence-electron chi connectivity index (χ2n) is 9.26. The average Bonchev–Trinajstić information content (AvgIpc) is 3.34. The molecule has 2 aliphatic rings. The zero-order valence-electron chi connectivity index (χ0n) is 20.4. The van der Waals surface area contributed by atoms with Gasteiger partial charge in [0.1, 0.15) is 12.4 Å². The van der Waals surface area contributed by atoms with Crippen molar-refractivity contribution in [3.63, 3.8) is 0 Å². The van der Waals surface area contributed by atoms with E-state index in [1.165, 1.54) is 18.2 Å². The summed E-state index contributed by atoms with van der Waals surface area (Å²) >= 11 is 0. The standard InChI is InChI=1S/C28H31FN2O5/c1-3-18-14-19(16-20(29)15-18)17-36-28(35)31-23-10-6-5-8-21(23)27(22-9-7-11-24(22)31)30(4-2)25(32)12-13-26(33)34/h3,5-6,8,10,14-16,22,24,27H,1,4,7,9,11-13,17H2,2H3,(H,33,34). The lowest BCUT2D eigenvalue weighted by atomic mass is 9.81. The Hall–Kier alpha value is -3.68. The van der Waals surface area contributed by atoms with E-state index in [2.05, 4.69) is 6.58 Å². The maximum absolute atomic E-state index is 13.9. The third-order valence-corrected chi connectivity index (χ3v) is 7.11. The molecule has 0 aromatic heterocycles. The molecule has 1 fully saturated rings. The molecule has 0 bridgehead atoms. The van der Waals surface area contributed by atoms with Crippen LogP contribution in [0.25, 0.3) is 6.08 Å². The summed E-state index contributed by atoms with van der Waals surface area (Å²) in [6.45, 7) is 5.92. The number of hydrogen-bond acceptors (Lipinski definition) is 4. The number of carboxylic acids is 1. The lowest BCUT2D eigenvalue weighted by Crippen LogP contribution is -2.52. The van der Waals surface area contributed by atoms with Crippen molar-refractivity contribution < 1.29 is 28.6 Å². The number of para-hydroxylation sites is 1. The van der Waals surface area contributed by atoms with E-state index in [-0.39, 0.29) is 43.4 Å². The molecular formula is C28H31FN2O5. The van der Waals surface area contributed by atoms with E-state index < -0.39 is 17.9 Å². The molecule has 3 unspecified atom stereocenters. The molecule has 4 rings (SSSR count). The first kappa shape index (κ1) is 25.4. The maximum atomic E-state index is 13.9. The Morgan fingerprint density at radius 3 is 2.69 bits per heavy atom. The van der Waals surface area contributed by atoms with Crippen LogP contribution in [0.4, 0.5) is 14.9 Å². The molecule has 1 aliphatic heterocycles. The first-order valence-electron chi connectivity index (χ1n) is 12.3. The summed E-state index contributed by atoms with van der Waals surface area (Å²) in [7, 11) is 0. The average molecular weight is 495 g/mol. The van der Waals surface area contributed by atoms with Crippen LogP contribution in [0.2, 0.25) is 0 Å². The molecule has 1 aliphatic carbocycles. The monoisotopic (exact) mass is 494 g/mol. The van der Waals surface area contributed by atoms with Gasteiger partial charge in [0.25, 0.3) is 0 Å². The molecular weight excluding hydrogens is 463 g/mol. The van der Waals surface area contributed by atoms with Gasteiger partial charge in [-0.15, -0.1) is 0 Å². The highest BCUT2D eigenvalue weighted by atomic mass is 19.1. The molecule has 1 saturated carbocycles. The molecule has 0 radical (unpaired) electrons. The molecule has 36 heavy (non-hydrogen) atoms. The molecule has 2 aromatic carbocycles. The molecule has 2 amide bonds. The van der Waals surface area contributed by atoms with Crippen LogP contribution in [-0.2, 0) is 20.9 Å². The van der Waals surface area contributed by atoms with Crippen LogP contribution in [0.15, 0.2) is 49.0 Å². The van der Waals surface area contributed by atoms with Gasteiger partial charge in [-0.25, -0.2) is 9.18 Å². The number of benzene rings is 2. The van der Waals surface area contributed by atoms with Crippen molar-refractivity contribution >= 4 is 29.7 Å². The number of ether oxygens (including phenoxy) is 1. The van der Waals surface area contributed by atoms with Crippen LogP contribution in [-0.4, -0.2) is 40.6 Å². The molecule has 0 spiro atoms. The second kappa shape index (κ2) is 10.9. The largest absolute Gasteiger partial charge is 0.481 e. The predicted molar refractivity (Wildman–Crippen MR) is 134 cm³/mol. The van der Waals surface area contributed by atoms with E-state index in [1.54, 1.807) is 15.9 Å². The Morgan fingerprint density at radius 2 is 1.97 bits per heavy atom. The van der Waals surface area contributed by atoms with Gasteiger partial charge in [0.05, 0.1) is 18.2 Å². The number of carbonyl (C=O) groups is 3. The topological polar surface area (TPSA) is 87.2 Å². The van der Waals surface area contributed by atoms with Gasteiger partial charge in [0.2, 0.25) is 5.91 Å². The van der Waals surface area contributed by atoms with Crippen LogP contribution < -0.4 is 4.90 Å². The van der Waals surface area contributed by atoms with Crippen molar-refractivity contribution in [1.82, 2.24) is 4.90 Å². The van der Waals surface area contributed by atoms with Gasteiger partial charge in [-0.1, -0.05) is 37.3 Å². The van der Waals surface area contributed by atoms with Gasteiger partial charge in [-0.2, -0.15) is 0 Å². The Bertz CT molecular complexity index is 1170. The fourth-order valence-corrected chi connectivity index (χ4v) is 5.63. The van der Waals surface area contributed by atoms with Gasteiger partial charge >= 0.3 is 12.1 Å². The molecule has 8 heteroatoms. The van der Waals surface area contributed by atoms with E-state index in [4.69, 9.17) is 9.84 Å². The summed E-state index contributed by atoms with van der Waals surface area (Å²) < 4.78 is 19.6. The fraction of sp³-hybridized carbons (Fsp3) is 0.393. The van der Waals surface area contributed by atoms with E-state index in [0.29, 0.717) is 23.4 Å². The van der Waals surface area contributed by atoms with Gasteiger partial charge in [0.15, 0.2) is 0 Å². The zero-order chi connectivity index (χ0) is 25.8. The number of carbonyl (C=O) groups excluding carboxylic acids is 2.